The number of nitrogens with zero attached hydrogens (tertiary/aromatic N) is 4. The minimum absolute atomic E-state index is 0.0294. The van der Waals surface area contributed by atoms with E-state index >= 15 is 0 Å². The van der Waals surface area contributed by atoms with Crippen molar-refractivity contribution in [3.8, 4) is 17.0 Å². The van der Waals surface area contributed by atoms with Crippen molar-refractivity contribution in [3.05, 3.63) is 93.4 Å². The van der Waals surface area contributed by atoms with Gasteiger partial charge in [-0.15, -0.1) is 0 Å². The highest BCUT2D eigenvalue weighted by molar-refractivity contribution is 6.39. The van der Waals surface area contributed by atoms with Crippen LogP contribution in [0.5, 0.6) is 5.88 Å². The number of aromatic nitrogens is 3. The van der Waals surface area contributed by atoms with Crippen LogP contribution in [0.2, 0.25) is 10.0 Å². The van der Waals surface area contributed by atoms with E-state index in [1.54, 1.807) is 41.2 Å². The van der Waals surface area contributed by atoms with Gasteiger partial charge in [-0.25, -0.2) is 9.78 Å². The van der Waals surface area contributed by atoms with Crippen molar-refractivity contribution in [2.24, 2.45) is 0 Å². The van der Waals surface area contributed by atoms with Crippen LogP contribution >= 0.6 is 23.2 Å². The van der Waals surface area contributed by atoms with Gasteiger partial charge in [0, 0.05) is 36.8 Å². The van der Waals surface area contributed by atoms with Crippen LogP contribution in [0.25, 0.3) is 11.1 Å². The van der Waals surface area contributed by atoms with Crippen molar-refractivity contribution in [3.63, 3.8) is 0 Å². The lowest BCUT2D eigenvalue weighted by Crippen LogP contribution is -2.22. The number of benzene rings is 2. The van der Waals surface area contributed by atoms with Crippen molar-refractivity contribution >= 4 is 34.9 Å². The highest BCUT2D eigenvalue weighted by Crippen LogP contribution is 2.39. The highest BCUT2D eigenvalue weighted by atomic mass is 35.5. The van der Waals surface area contributed by atoms with Crippen LogP contribution in [0, 0.1) is 0 Å². The Morgan fingerprint density at radius 1 is 1.10 bits per heavy atom. The van der Waals surface area contributed by atoms with Crippen LogP contribution in [0.15, 0.2) is 60.8 Å². The van der Waals surface area contributed by atoms with Crippen LogP contribution < -0.4 is 9.64 Å². The molecule has 40 heavy (non-hydrogen) atoms. The zero-order valence-electron chi connectivity index (χ0n) is 21.7. The zero-order chi connectivity index (χ0) is 29.2. The van der Waals surface area contributed by atoms with Gasteiger partial charge in [0.25, 0.3) is 0 Å². The summed E-state index contributed by atoms with van der Waals surface area (Å²) >= 11 is 12.8. The van der Waals surface area contributed by atoms with E-state index in [1.165, 1.54) is 36.2 Å². The van der Waals surface area contributed by atoms with Gasteiger partial charge in [0.1, 0.15) is 6.61 Å². The van der Waals surface area contributed by atoms with Crippen molar-refractivity contribution in [2.45, 2.75) is 39.2 Å². The van der Waals surface area contributed by atoms with Crippen LogP contribution in [0.1, 0.15) is 47.2 Å². The largest absolute Gasteiger partial charge is 0.478 e. The number of hydrogen-bond donors (Lipinski definition) is 1. The number of carbonyl (C=O) groups is 1. The Morgan fingerprint density at radius 2 is 1.77 bits per heavy atom. The normalized spacial score (nSPS) is 11.6. The van der Waals surface area contributed by atoms with E-state index in [0.29, 0.717) is 32.4 Å². The molecule has 0 unspecified atom stereocenters. The first kappa shape index (κ1) is 29.2. The Morgan fingerprint density at radius 3 is 2.40 bits per heavy atom. The molecule has 0 aliphatic carbocycles. The van der Waals surface area contributed by atoms with Gasteiger partial charge < -0.3 is 14.7 Å². The van der Waals surface area contributed by atoms with Gasteiger partial charge in [-0.3, -0.25) is 4.68 Å². The van der Waals surface area contributed by atoms with E-state index < -0.39 is 17.8 Å². The monoisotopic (exact) mass is 592 g/mol. The fourth-order valence-corrected chi connectivity index (χ4v) is 4.88. The Labute approximate surface area is 238 Å². The van der Waals surface area contributed by atoms with Crippen LogP contribution in [0.4, 0.5) is 18.9 Å². The number of anilines is 1. The predicted octanol–water partition coefficient (Wildman–Crippen LogP) is 7.77. The molecule has 0 aliphatic rings. The molecule has 12 heteroatoms. The molecule has 0 spiro atoms. The summed E-state index contributed by atoms with van der Waals surface area (Å²) in [6.07, 6.45) is -3.18. The maximum absolute atomic E-state index is 14.1. The maximum atomic E-state index is 14.1. The third-order valence-corrected chi connectivity index (χ3v) is 6.73. The summed E-state index contributed by atoms with van der Waals surface area (Å²) in [6.45, 7) is 3.70. The minimum Gasteiger partial charge on any atom is -0.478 e. The van der Waals surface area contributed by atoms with Gasteiger partial charge in [0.2, 0.25) is 5.88 Å². The van der Waals surface area contributed by atoms with Crippen molar-refractivity contribution in [1.82, 2.24) is 14.8 Å². The summed E-state index contributed by atoms with van der Waals surface area (Å²) < 4.78 is 49.7. The summed E-state index contributed by atoms with van der Waals surface area (Å²) in [4.78, 5) is 16.4. The summed E-state index contributed by atoms with van der Waals surface area (Å²) in [7, 11) is 1.47. The Bertz CT molecular complexity index is 1520. The van der Waals surface area contributed by atoms with Gasteiger partial charge >= 0.3 is 12.1 Å². The molecule has 2 aromatic heterocycles. The van der Waals surface area contributed by atoms with Crippen molar-refractivity contribution < 1.29 is 27.8 Å². The second-order valence-electron chi connectivity index (χ2n) is 9.31. The number of aromatic carboxylic acids is 1. The van der Waals surface area contributed by atoms with E-state index in [0.717, 1.165) is 0 Å². The van der Waals surface area contributed by atoms with Gasteiger partial charge in [-0.05, 0) is 49.7 Å². The fourth-order valence-electron chi connectivity index (χ4n) is 4.28. The molecule has 4 rings (SSSR count). The molecule has 0 fully saturated rings. The van der Waals surface area contributed by atoms with E-state index in [2.05, 4.69) is 10.1 Å². The molecule has 2 aromatic carbocycles. The molecule has 2 heterocycles. The van der Waals surface area contributed by atoms with Crippen molar-refractivity contribution in [2.75, 3.05) is 11.9 Å². The van der Waals surface area contributed by atoms with Crippen LogP contribution in [-0.4, -0.2) is 32.9 Å². The molecule has 1 N–H and O–H groups in total. The summed E-state index contributed by atoms with van der Waals surface area (Å²) in [5, 5.41) is 14.4. The van der Waals surface area contributed by atoms with Gasteiger partial charge in [0.15, 0.2) is 5.69 Å². The number of carboxylic acid groups (broad SMARTS) is 1. The second kappa shape index (κ2) is 11.8. The number of alkyl halides is 3. The average Bonchev–Trinajstić information content (AvgIpc) is 3.30. The zero-order valence-corrected chi connectivity index (χ0v) is 23.2. The standard InChI is InChI=1S/C28H25Cl2F3N4O3/c1-16(2)37-23(19(13-34-37)25-20(29)8-5-9-21(25)30)15-40-24-11-10-22(26(35-24)28(31,32)33)36(3)14-17-6-4-7-18(12-17)27(38)39/h4-13,16H,14-15H2,1-3H3,(H,38,39). The number of hydrogen-bond acceptors (Lipinski definition) is 5. The van der Waals surface area contributed by atoms with Gasteiger partial charge in [-0.2, -0.15) is 18.3 Å². The van der Waals surface area contributed by atoms with Crippen molar-refractivity contribution in [1.29, 1.82) is 0 Å². The molecule has 0 amide bonds. The maximum Gasteiger partial charge on any atom is 0.435 e. The SMILES string of the molecule is CC(C)n1ncc(-c2c(Cl)cccc2Cl)c1COc1ccc(N(C)Cc2cccc(C(=O)O)c2)c(C(F)(F)F)n1. The number of pyridine rings is 1. The molecule has 210 valence electrons. The quantitative estimate of drug-likeness (QED) is 0.214. The van der Waals surface area contributed by atoms with Gasteiger partial charge in [0.05, 0.1) is 33.2 Å². The second-order valence-corrected chi connectivity index (χ2v) is 10.1. The number of ether oxygens (including phenoxy) is 1. The topological polar surface area (TPSA) is 80.5 Å². The molecule has 7 nitrogen and oxygen atoms in total. The third kappa shape index (κ3) is 6.34. The molecule has 0 saturated heterocycles. The van der Waals surface area contributed by atoms with E-state index in [4.69, 9.17) is 27.9 Å². The van der Waals surface area contributed by atoms with E-state index in [1.807, 2.05) is 13.8 Å². The Hall–Kier alpha value is -3.76. The minimum atomic E-state index is -4.78. The van der Waals surface area contributed by atoms with E-state index in [-0.39, 0.29) is 36.3 Å². The molecule has 0 radical (unpaired) electrons. The predicted molar refractivity (Wildman–Crippen MR) is 147 cm³/mol. The fraction of sp³-hybridized carbons (Fsp3) is 0.250. The first-order valence-electron chi connectivity index (χ1n) is 12.1. The summed E-state index contributed by atoms with van der Waals surface area (Å²) in [5.74, 6) is -1.35. The molecule has 0 saturated carbocycles. The molecular formula is C28H25Cl2F3N4O3. The lowest BCUT2D eigenvalue weighted by molar-refractivity contribution is -0.140. The van der Waals surface area contributed by atoms with Crippen LogP contribution in [0.3, 0.4) is 0 Å². The molecular weight excluding hydrogens is 568 g/mol. The lowest BCUT2D eigenvalue weighted by Gasteiger charge is -2.23. The molecule has 0 atom stereocenters. The van der Waals surface area contributed by atoms with E-state index in [9.17, 15) is 23.1 Å². The Balaban J connectivity index is 1.64. The number of carboxylic acids is 1. The molecule has 4 aromatic rings. The number of rotatable bonds is 9. The first-order valence-corrected chi connectivity index (χ1v) is 12.9. The average molecular weight is 593 g/mol. The number of halogens is 5. The summed E-state index contributed by atoms with van der Waals surface area (Å²) in [6, 6.07) is 13.6. The van der Waals surface area contributed by atoms with Gasteiger partial charge in [-0.1, -0.05) is 41.4 Å². The summed E-state index contributed by atoms with van der Waals surface area (Å²) in [5.41, 5.74) is 0.972. The van der Waals surface area contributed by atoms with Crippen LogP contribution in [-0.2, 0) is 19.3 Å². The molecule has 0 bridgehead atoms. The highest BCUT2D eigenvalue weighted by Gasteiger charge is 2.37. The first-order chi connectivity index (χ1) is 18.9. The molecule has 0 aliphatic heterocycles. The lowest BCUT2D eigenvalue weighted by atomic mass is 10.1. The smallest absolute Gasteiger partial charge is 0.435 e. The Kier molecular flexibility index (Phi) is 8.60. The third-order valence-electron chi connectivity index (χ3n) is 6.10.